The van der Waals surface area contributed by atoms with Crippen molar-refractivity contribution in [3.63, 3.8) is 0 Å². The van der Waals surface area contributed by atoms with Crippen molar-refractivity contribution in [2.75, 3.05) is 38.5 Å². The molecule has 6 rings (SSSR count). The highest BCUT2D eigenvalue weighted by Gasteiger charge is 2.20. The third-order valence-corrected chi connectivity index (χ3v) is 9.18. The summed E-state index contributed by atoms with van der Waals surface area (Å²) in [5.41, 5.74) is 13.8. The third kappa shape index (κ3) is 9.61. The van der Waals surface area contributed by atoms with Crippen LogP contribution in [0.15, 0.2) is 93.8 Å². The van der Waals surface area contributed by atoms with Crippen molar-refractivity contribution in [1.29, 1.82) is 0 Å². The quantitative estimate of drug-likeness (QED) is 0.0438. The van der Waals surface area contributed by atoms with Gasteiger partial charge in [-0.05, 0) is 53.8 Å². The topological polar surface area (TPSA) is 184 Å². The highest BCUT2D eigenvalue weighted by molar-refractivity contribution is 5.87. The predicted octanol–water partition coefficient (Wildman–Crippen LogP) is 2.88. The Hall–Kier alpha value is -6.12. The van der Waals surface area contributed by atoms with Gasteiger partial charge in [-0.2, -0.15) is 5.10 Å². The Labute approximate surface area is 306 Å². The molecule has 1 fully saturated rings. The minimum atomic E-state index is -0.557. The molecule has 0 saturated carbocycles. The Kier molecular flexibility index (Phi) is 11.7. The molecule has 0 bridgehead atoms. The number of aromatic hydroxyl groups is 1. The van der Waals surface area contributed by atoms with Crippen molar-refractivity contribution in [3.05, 3.63) is 129 Å². The summed E-state index contributed by atoms with van der Waals surface area (Å²) in [7, 11) is 0. The van der Waals surface area contributed by atoms with E-state index in [1.165, 1.54) is 11.8 Å². The van der Waals surface area contributed by atoms with E-state index in [1.807, 2.05) is 24.3 Å². The molecule has 1 saturated heterocycles. The van der Waals surface area contributed by atoms with E-state index in [2.05, 4.69) is 54.7 Å². The van der Waals surface area contributed by atoms with Crippen LogP contribution >= 0.6 is 0 Å². The van der Waals surface area contributed by atoms with Crippen LogP contribution in [0.25, 0.3) is 11.0 Å². The molecule has 0 aliphatic carbocycles. The number of amides is 2. The first-order valence-electron chi connectivity index (χ1n) is 17.4. The maximum atomic E-state index is 12.8. The highest BCUT2D eigenvalue weighted by Crippen LogP contribution is 2.23. The maximum absolute atomic E-state index is 12.8. The van der Waals surface area contributed by atoms with Crippen LogP contribution in [0.1, 0.15) is 39.1 Å². The molecule has 5 aromatic rings. The number of hydrazone groups is 1. The number of aromatic nitrogens is 3. The monoisotopic (exact) mass is 717 g/mol. The average molecular weight is 718 g/mol. The van der Waals surface area contributed by atoms with E-state index >= 15 is 0 Å². The Morgan fingerprint density at radius 3 is 2.57 bits per heavy atom. The molecule has 53 heavy (non-hydrogen) atoms. The lowest BCUT2D eigenvalue weighted by molar-refractivity contribution is -0.122. The first kappa shape index (κ1) is 36.7. The van der Waals surface area contributed by atoms with Crippen molar-refractivity contribution in [1.82, 2.24) is 35.5 Å². The smallest absolute Gasteiger partial charge is 0.340 e. The number of hydrogen-bond acceptors (Lipinski definition) is 11. The van der Waals surface area contributed by atoms with Crippen molar-refractivity contribution in [2.24, 2.45) is 5.10 Å². The number of nitrogens with zero attached hydrogens (tertiary/aromatic N) is 6. The van der Waals surface area contributed by atoms with Gasteiger partial charge in [-0.15, -0.1) is 11.7 Å². The number of nitrogens with one attached hydrogen (secondary N) is 2. The fourth-order valence-electron chi connectivity index (χ4n) is 6.35. The molecule has 3 aromatic carbocycles. The van der Waals surface area contributed by atoms with Crippen LogP contribution in [-0.4, -0.2) is 80.7 Å². The molecule has 2 aromatic heterocycles. The molecule has 5 N–H and O–H groups in total. The lowest BCUT2D eigenvalue weighted by atomic mass is 10.0. The van der Waals surface area contributed by atoms with Crippen LogP contribution in [0, 0.1) is 6.92 Å². The van der Waals surface area contributed by atoms with E-state index < -0.39 is 5.63 Å². The summed E-state index contributed by atoms with van der Waals surface area (Å²) in [6.45, 7) is 10.4. The lowest BCUT2D eigenvalue weighted by Gasteiger charge is -2.34. The molecule has 1 aliphatic rings. The SMILES string of the molecule is C=CCc1cccc(/C=N\NC(=O)CN2CCN(Cc3cccc(Cn4cc(CNC(=O)Cc5c(C)c6ccc(N)cc6oc5=O)nn4)c3)CC2)c1O. The Morgan fingerprint density at radius 2 is 1.77 bits per heavy atom. The molecule has 0 atom stereocenters. The van der Waals surface area contributed by atoms with Crippen molar-refractivity contribution >= 4 is 34.7 Å². The number of phenolic OH excluding ortho intramolecular Hbond substituents is 1. The van der Waals surface area contributed by atoms with Crippen LogP contribution in [0.4, 0.5) is 5.69 Å². The average Bonchev–Trinajstić information content (AvgIpc) is 3.58. The normalized spacial score (nSPS) is 13.8. The number of benzene rings is 3. The zero-order valence-corrected chi connectivity index (χ0v) is 29.6. The molecule has 1 aliphatic heterocycles. The van der Waals surface area contributed by atoms with Gasteiger partial charge in [-0.3, -0.25) is 19.4 Å². The molecule has 2 amide bonds. The van der Waals surface area contributed by atoms with E-state index in [1.54, 1.807) is 48.1 Å². The summed E-state index contributed by atoms with van der Waals surface area (Å²) >= 11 is 0. The fourth-order valence-corrected chi connectivity index (χ4v) is 6.35. The van der Waals surface area contributed by atoms with Gasteiger partial charge in [0.15, 0.2) is 0 Å². The van der Waals surface area contributed by atoms with Gasteiger partial charge < -0.3 is 20.6 Å². The number of carbonyl (C=O) groups excluding carboxylic acids is 2. The van der Waals surface area contributed by atoms with Gasteiger partial charge in [-0.1, -0.05) is 47.7 Å². The number of anilines is 1. The molecule has 14 nitrogen and oxygen atoms in total. The Morgan fingerprint density at radius 1 is 1.02 bits per heavy atom. The van der Waals surface area contributed by atoms with Crippen LogP contribution in [-0.2, 0) is 42.1 Å². The van der Waals surface area contributed by atoms with Gasteiger partial charge >= 0.3 is 5.63 Å². The van der Waals surface area contributed by atoms with Gasteiger partial charge in [0, 0.05) is 55.4 Å². The van der Waals surface area contributed by atoms with Crippen molar-refractivity contribution in [2.45, 2.75) is 39.4 Å². The largest absolute Gasteiger partial charge is 0.507 e. The van der Waals surface area contributed by atoms with E-state index in [0.29, 0.717) is 46.6 Å². The molecule has 0 spiro atoms. The molecule has 0 radical (unpaired) electrons. The van der Waals surface area contributed by atoms with Gasteiger partial charge in [0.05, 0.1) is 44.0 Å². The van der Waals surface area contributed by atoms with Gasteiger partial charge in [0.25, 0.3) is 5.91 Å². The van der Waals surface area contributed by atoms with E-state index in [-0.39, 0.29) is 37.1 Å². The van der Waals surface area contributed by atoms with Crippen molar-refractivity contribution in [3.8, 4) is 5.75 Å². The second kappa shape index (κ2) is 16.9. The summed E-state index contributed by atoms with van der Waals surface area (Å²) in [5, 5.41) is 26.4. The Bertz CT molecular complexity index is 2200. The predicted molar refractivity (Wildman–Crippen MR) is 202 cm³/mol. The molecular formula is C39H43N9O5. The number of fused-ring (bicyclic) bond motifs is 1. The maximum Gasteiger partial charge on any atom is 0.340 e. The zero-order valence-electron chi connectivity index (χ0n) is 29.6. The summed E-state index contributed by atoms with van der Waals surface area (Å²) in [5.74, 6) is -0.400. The number of aryl methyl sites for hydroxylation is 1. The number of nitrogens with two attached hydrogens (primary N) is 1. The van der Waals surface area contributed by atoms with E-state index in [9.17, 15) is 19.5 Å². The summed E-state index contributed by atoms with van der Waals surface area (Å²) in [4.78, 5) is 42.3. The standard InChI is InChI=1S/C39H43N9O5/c1-3-6-29-9-5-10-30(38(29)51)20-42-44-37(50)25-47-15-13-46(14-16-47)22-27-7-4-8-28(17-27)23-48-24-32(43-45-48)21-41-36(49)19-34-26(2)33-12-11-31(40)18-35(33)53-39(34)52/h3-5,7-12,17-18,20,24,51H,1,6,13-16,19,21-23,25,40H2,2H3,(H,41,49)(H,44,50)/b42-20-. The minimum Gasteiger partial charge on any atom is -0.507 e. The third-order valence-electron chi connectivity index (χ3n) is 9.18. The van der Waals surface area contributed by atoms with Crippen LogP contribution < -0.4 is 22.1 Å². The summed E-state index contributed by atoms with van der Waals surface area (Å²) < 4.78 is 7.13. The number of para-hydroxylation sites is 1. The van der Waals surface area contributed by atoms with E-state index in [4.69, 9.17) is 10.2 Å². The van der Waals surface area contributed by atoms with Crippen LogP contribution in [0.2, 0.25) is 0 Å². The van der Waals surface area contributed by atoms with Crippen LogP contribution in [0.5, 0.6) is 5.75 Å². The van der Waals surface area contributed by atoms with Crippen LogP contribution in [0.3, 0.4) is 0 Å². The number of carbonyl (C=O) groups is 2. The molecule has 3 heterocycles. The molecule has 274 valence electrons. The minimum absolute atomic E-state index is 0.116. The number of piperazine rings is 1. The summed E-state index contributed by atoms with van der Waals surface area (Å²) in [6, 6.07) is 18.8. The number of allylic oxidation sites excluding steroid dienone is 1. The summed E-state index contributed by atoms with van der Waals surface area (Å²) in [6.07, 6.45) is 5.39. The molecule has 0 unspecified atom stereocenters. The second-order valence-electron chi connectivity index (χ2n) is 13.1. The van der Waals surface area contributed by atoms with Gasteiger partial charge in [-0.25, -0.2) is 14.9 Å². The first-order valence-corrected chi connectivity index (χ1v) is 17.4. The molecule has 14 heteroatoms. The molecular weight excluding hydrogens is 674 g/mol. The zero-order chi connectivity index (χ0) is 37.3. The number of phenols is 1. The number of hydrogen-bond donors (Lipinski definition) is 4. The number of rotatable bonds is 14. The highest BCUT2D eigenvalue weighted by atomic mass is 16.4. The fraction of sp³-hybridized carbons (Fsp3) is 0.282. The van der Waals surface area contributed by atoms with Crippen molar-refractivity contribution < 1.29 is 19.1 Å². The lowest BCUT2D eigenvalue weighted by Crippen LogP contribution is -2.48. The first-order chi connectivity index (χ1) is 25.6. The van der Waals surface area contributed by atoms with Gasteiger partial charge in [0.2, 0.25) is 5.91 Å². The van der Waals surface area contributed by atoms with Gasteiger partial charge in [0.1, 0.15) is 17.0 Å². The number of nitrogen functional groups attached to an aromatic ring is 1. The second-order valence-corrected chi connectivity index (χ2v) is 13.1. The Balaban J connectivity index is 0.931. The van der Waals surface area contributed by atoms with E-state index in [0.717, 1.165) is 49.2 Å².